The molecule has 0 bridgehead atoms. The molecule has 2 aromatic carbocycles. The summed E-state index contributed by atoms with van der Waals surface area (Å²) in [4.78, 5) is 25.7. The second-order valence-electron chi connectivity index (χ2n) is 7.45. The van der Waals surface area contributed by atoms with Crippen LogP contribution in [0.5, 0.6) is 5.75 Å². The fourth-order valence-electron chi connectivity index (χ4n) is 4.02. The van der Waals surface area contributed by atoms with Crippen molar-refractivity contribution in [2.75, 3.05) is 26.3 Å². The van der Waals surface area contributed by atoms with Gasteiger partial charge >= 0.3 is 12.1 Å². The minimum absolute atomic E-state index is 0.0603. The van der Waals surface area contributed by atoms with Crippen molar-refractivity contribution in [1.29, 1.82) is 0 Å². The van der Waals surface area contributed by atoms with Gasteiger partial charge in [-0.25, -0.2) is 4.79 Å². The average Bonchev–Trinajstić information content (AvgIpc) is 3.22. The molecule has 2 aromatic rings. The maximum Gasteiger partial charge on any atom is 0.415 e. The van der Waals surface area contributed by atoms with Crippen molar-refractivity contribution >= 4 is 23.7 Å². The molecule has 0 radical (unpaired) electrons. The molecule has 1 amide bonds. The first-order valence-electron chi connectivity index (χ1n) is 9.90. The summed E-state index contributed by atoms with van der Waals surface area (Å²) in [5, 5.41) is 13.2. The molecule has 2 aliphatic heterocycles. The first-order valence-corrected chi connectivity index (χ1v) is 10.3. The van der Waals surface area contributed by atoms with Gasteiger partial charge in [-0.2, -0.15) is 0 Å². The van der Waals surface area contributed by atoms with Gasteiger partial charge in [-0.05, 0) is 29.7 Å². The lowest BCUT2D eigenvalue weighted by Crippen LogP contribution is -2.42. The lowest BCUT2D eigenvalue weighted by molar-refractivity contribution is -0.139. The molecule has 158 valence electrons. The van der Waals surface area contributed by atoms with E-state index in [9.17, 15) is 14.7 Å². The third-order valence-corrected chi connectivity index (χ3v) is 5.89. The number of ether oxygens (including phenoxy) is 2. The largest absolute Gasteiger partial charge is 0.480 e. The Bertz CT molecular complexity index is 917. The number of nitrogens with one attached hydrogen (secondary N) is 1. The molecule has 3 unspecified atom stereocenters. The van der Waals surface area contributed by atoms with E-state index in [1.807, 2.05) is 30.3 Å². The van der Waals surface area contributed by atoms with Gasteiger partial charge < -0.3 is 19.5 Å². The summed E-state index contributed by atoms with van der Waals surface area (Å²) in [6, 6.07) is 14.1. The molecule has 2 N–H and O–H groups in total. The van der Waals surface area contributed by atoms with Crippen LogP contribution in [0.15, 0.2) is 48.5 Å². The number of carboxylic acid groups (broad SMARTS) is 1. The van der Waals surface area contributed by atoms with Gasteiger partial charge in [0.2, 0.25) is 0 Å². The Morgan fingerprint density at radius 3 is 2.50 bits per heavy atom. The summed E-state index contributed by atoms with van der Waals surface area (Å²) in [5.41, 5.74) is 1.85. The van der Waals surface area contributed by atoms with Gasteiger partial charge in [-0.15, -0.1) is 0 Å². The van der Waals surface area contributed by atoms with Gasteiger partial charge in [0.25, 0.3) is 0 Å². The normalized spacial score (nSPS) is 23.9. The van der Waals surface area contributed by atoms with Crippen LogP contribution in [0, 0.1) is 0 Å². The number of carbonyl (C=O) groups is 2. The highest BCUT2D eigenvalue weighted by Gasteiger charge is 2.39. The minimum atomic E-state index is -0.905. The van der Waals surface area contributed by atoms with Crippen molar-refractivity contribution in [3.8, 4) is 5.75 Å². The summed E-state index contributed by atoms with van der Waals surface area (Å²) >= 11 is 6.38. The molecule has 2 saturated heterocycles. The second-order valence-corrected chi connectivity index (χ2v) is 7.85. The lowest BCUT2D eigenvalue weighted by atomic mass is 9.89. The molecule has 2 heterocycles. The van der Waals surface area contributed by atoms with Crippen LogP contribution in [-0.4, -0.2) is 54.4 Å². The Morgan fingerprint density at radius 1 is 1.10 bits per heavy atom. The van der Waals surface area contributed by atoms with Crippen LogP contribution < -0.4 is 10.1 Å². The summed E-state index contributed by atoms with van der Waals surface area (Å²) in [6.07, 6.45) is 0.160. The topological polar surface area (TPSA) is 88.1 Å². The van der Waals surface area contributed by atoms with Gasteiger partial charge in [-0.3, -0.25) is 10.1 Å². The molecule has 4 rings (SSSR count). The number of rotatable bonds is 4. The van der Waals surface area contributed by atoms with E-state index in [0.29, 0.717) is 32.7 Å². The zero-order valence-corrected chi connectivity index (χ0v) is 17.0. The molecule has 0 aromatic heterocycles. The van der Waals surface area contributed by atoms with Gasteiger partial charge in [0, 0.05) is 25.0 Å². The number of carbonyl (C=O) groups excluding carboxylic acids is 1. The Kier molecular flexibility index (Phi) is 6.22. The van der Waals surface area contributed by atoms with E-state index in [1.165, 1.54) is 0 Å². The summed E-state index contributed by atoms with van der Waals surface area (Å²) in [7, 11) is 0. The number of carboxylic acids is 1. The second kappa shape index (κ2) is 9.04. The van der Waals surface area contributed by atoms with Gasteiger partial charge in [0.1, 0.15) is 6.04 Å². The molecule has 0 aliphatic carbocycles. The molecule has 3 atom stereocenters. The molecule has 2 aliphatic rings. The number of halogens is 1. The zero-order valence-electron chi connectivity index (χ0n) is 16.3. The van der Waals surface area contributed by atoms with Crippen LogP contribution in [0.2, 0.25) is 5.02 Å². The highest BCUT2D eigenvalue weighted by Crippen LogP contribution is 2.40. The van der Waals surface area contributed by atoms with E-state index in [1.54, 1.807) is 23.1 Å². The number of hydrogen-bond donors (Lipinski definition) is 2. The predicted octanol–water partition coefficient (Wildman–Crippen LogP) is 3.44. The van der Waals surface area contributed by atoms with Crippen molar-refractivity contribution in [3.63, 3.8) is 0 Å². The molecule has 30 heavy (non-hydrogen) atoms. The molecule has 2 fully saturated rings. The molecule has 0 saturated carbocycles. The smallest absolute Gasteiger partial charge is 0.415 e. The minimum Gasteiger partial charge on any atom is -0.480 e. The first kappa shape index (κ1) is 20.7. The monoisotopic (exact) mass is 430 g/mol. The number of amides is 1. The highest BCUT2D eigenvalue weighted by molar-refractivity contribution is 6.32. The average molecular weight is 431 g/mol. The Labute approximate surface area is 179 Å². The summed E-state index contributed by atoms with van der Waals surface area (Å²) < 4.78 is 10.7. The van der Waals surface area contributed by atoms with Gasteiger partial charge in [-0.1, -0.05) is 48.0 Å². The lowest BCUT2D eigenvalue weighted by Gasteiger charge is -2.26. The van der Waals surface area contributed by atoms with Gasteiger partial charge in [0.05, 0.1) is 18.2 Å². The quantitative estimate of drug-likeness (QED) is 0.772. The van der Waals surface area contributed by atoms with E-state index < -0.39 is 18.1 Å². The van der Waals surface area contributed by atoms with Gasteiger partial charge in [0.15, 0.2) is 5.75 Å². The van der Waals surface area contributed by atoms with Crippen LogP contribution in [-0.2, 0) is 9.53 Å². The number of aliphatic carboxylic acids is 1. The van der Waals surface area contributed by atoms with E-state index in [2.05, 4.69) is 5.32 Å². The standard InChI is InChI=1S/C22H23ClN2O5/c23-17-12-15(6-7-19(17)30-22(28)25-8-10-29-11-9-25)16-13-18(24-20(16)21(26)27)14-4-2-1-3-5-14/h1-7,12,16,18,20,24H,8-11,13H2,(H,26,27). The number of morpholine rings is 1. The predicted molar refractivity (Wildman–Crippen MR) is 111 cm³/mol. The van der Waals surface area contributed by atoms with E-state index in [-0.39, 0.29) is 22.7 Å². The molecular formula is C22H23ClN2O5. The van der Waals surface area contributed by atoms with Crippen molar-refractivity contribution in [2.24, 2.45) is 0 Å². The SMILES string of the molecule is O=C(O)C1NC(c2ccccc2)CC1c1ccc(OC(=O)N2CCOCC2)c(Cl)c1. The van der Waals surface area contributed by atoms with Crippen molar-refractivity contribution in [2.45, 2.75) is 24.4 Å². The van der Waals surface area contributed by atoms with Crippen molar-refractivity contribution in [1.82, 2.24) is 10.2 Å². The number of hydrogen-bond acceptors (Lipinski definition) is 5. The molecular weight excluding hydrogens is 408 g/mol. The molecule has 8 heteroatoms. The fourth-order valence-corrected chi connectivity index (χ4v) is 4.24. The Balaban J connectivity index is 1.50. The third kappa shape index (κ3) is 4.43. The molecule has 7 nitrogen and oxygen atoms in total. The summed E-state index contributed by atoms with van der Waals surface area (Å²) in [6.45, 7) is 1.91. The number of benzene rings is 2. The third-order valence-electron chi connectivity index (χ3n) is 5.59. The van der Waals surface area contributed by atoms with E-state index in [0.717, 1.165) is 11.1 Å². The number of nitrogens with zero attached hydrogens (tertiary/aromatic N) is 1. The highest BCUT2D eigenvalue weighted by atomic mass is 35.5. The van der Waals surface area contributed by atoms with Crippen LogP contribution >= 0.6 is 11.6 Å². The van der Waals surface area contributed by atoms with Crippen molar-refractivity contribution < 1.29 is 24.2 Å². The van der Waals surface area contributed by atoms with E-state index in [4.69, 9.17) is 21.1 Å². The Hall–Kier alpha value is -2.61. The van der Waals surface area contributed by atoms with Crippen molar-refractivity contribution in [3.05, 3.63) is 64.7 Å². The maximum atomic E-state index is 12.3. The zero-order chi connectivity index (χ0) is 21.1. The van der Waals surface area contributed by atoms with E-state index >= 15 is 0 Å². The fraction of sp³-hybridized carbons (Fsp3) is 0.364. The first-order chi connectivity index (χ1) is 14.5. The Morgan fingerprint density at radius 2 is 1.83 bits per heavy atom. The van der Waals surface area contributed by atoms with Crippen LogP contribution in [0.4, 0.5) is 4.79 Å². The summed E-state index contributed by atoms with van der Waals surface area (Å²) in [5.74, 6) is -0.902. The molecule has 0 spiro atoms. The maximum absolute atomic E-state index is 12.3. The van der Waals surface area contributed by atoms with Crippen LogP contribution in [0.3, 0.4) is 0 Å². The van der Waals surface area contributed by atoms with Crippen LogP contribution in [0.25, 0.3) is 0 Å². The van der Waals surface area contributed by atoms with Crippen LogP contribution in [0.1, 0.15) is 29.5 Å².